The molecule has 0 aliphatic rings. The zero-order valence-corrected chi connectivity index (χ0v) is 15.5. The Balaban J connectivity index is 1.94. The molecule has 0 unspecified atom stereocenters. The lowest BCUT2D eigenvalue weighted by Gasteiger charge is -2.12. The van der Waals surface area contributed by atoms with E-state index in [4.69, 9.17) is 15.8 Å². The lowest BCUT2D eigenvalue weighted by Crippen LogP contribution is -2.16. The minimum absolute atomic E-state index is 0.0643. The number of nitrogens with zero attached hydrogens (tertiary/aromatic N) is 1. The Kier molecular flexibility index (Phi) is 5.28. The molecular formula is C23H23N4O+. The van der Waals surface area contributed by atoms with Crippen LogP contribution in [-0.2, 0) is 6.54 Å². The van der Waals surface area contributed by atoms with Crippen molar-refractivity contribution in [1.29, 1.82) is 0 Å². The van der Waals surface area contributed by atoms with E-state index in [0.29, 0.717) is 13.1 Å². The second kappa shape index (κ2) is 8.17. The van der Waals surface area contributed by atoms with E-state index in [2.05, 4.69) is 40.6 Å². The van der Waals surface area contributed by atoms with Gasteiger partial charge in [0, 0.05) is 23.7 Å². The van der Waals surface area contributed by atoms with Gasteiger partial charge >= 0.3 is 0 Å². The molecule has 0 fully saturated rings. The second-order valence-electron chi connectivity index (χ2n) is 6.59. The number of hydrogen-bond donors (Lipinski definition) is 3. The van der Waals surface area contributed by atoms with Crippen molar-refractivity contribution < 1.29 is 10.1 Å². The molecule has 0 spiro atoms. The van der Waals surface area contributed by atoms with Crippen molar-refractivity contribution in [3.63, 3.8) is 0 Å². The third kappa shape index (κ3) is 3.58. The fraction of sp³-hybridized carbons (Fsp3) is 0.130. The Bertz CT molecular complexity index is 1080. The highest BCUT2D eigenvalue weighted by Crippen LogP contribution is 2.34. The maximum atomic E-state index is 9.17. The van der Waals surface area contributed by atoms with Crippen molar-refractivity contribution in [3.8, 4) is 22.4 Å². The van der Waals surface area contributed by atoms with Crippen molar-refractivity contribution in [2.24, 2.45) is 5.73 Å². The average molecular weight is 371 g/mol. The predicted octanol–water partition coefficient (Wildman–Crippen LogP) is 3.25. The van der Waals surface area contributed by atoms with E-state index in [9.17, 15) is 0 Å². The molecule has 140 valence electrons. The number of benzene rings is 2. The second-order valence-corrected chi connectivity index (χ2v) is 6.59. The van der Waals surface area contributed by atoms with Crippen molar-refractivity contribution in [2.75, 3.05) is 18.5 Å². The zero-order valence-electron chi connectivity index (χ0n) is 15.5. The van der Waals surface area contributed by atoms with Gasteiger partial charge in [0.25, 0.3) is 5.82 Å². The summed E-state index contributed by atoms with van der Waals surface area (Å²) in [6.07, 6.45) is 1.86. The summed E-state index contributed by atoms with van der Waals surface area (Å²) in [5, 5.41) is 13.4. The van der Waals surface area contributed by atoms with Gasteiger partial charge in [0.05, 0.1) is 29.4 Å². The van der Waals surface area contributed by atoms with Gasteiger partial charge in [-0.3, -0.25) is 5.32 Å². The number of fused-ring (bicyclic) bond motifs is 1. The molecule has 5 nitrogen and oxygen atoms in total. The standard InChI is InChI=1S/C23H22N4O/c24-15-16-6-8-18(9-7-16)22-19(17-4-2-1-3-5-17)14-20-21(27-22)10-11-25-23(20)26-12-13-28/h1-11,14,28H,12-13,15,24H2,(H,25,26)/p+1. The summed E-state index contributed by atoms with van der Waals surface area (Å²) < 4.78 is 0. The van der Waals surface area contributed by atoms with Crippen LogP contribution in [-0.4, -0.2) is 23.2 Å². The summed E-state index contributed by atoms with van der Waals surface area (Å²) in [6, 6.07) is 22.6. The molecule has 0 saturated carbocycles. The molecule has 0 aliphatic heterocycles. The minimum Gasteiger partial charge on any atom is -0.392 e. The summed E-state index contributed by atoms with van der Waals surface area (Å²) in [5.74, 6) is 0.848. The van der Waals surface area contributed by atoms with Crippen molar-refractivity contribution in [2.45, 2.75) is 6.54 Å². The van der Waals surface area contributed by atoms with Crippen LogP contribution in [0, 0.1) is 0 Å². The van der Waals surface area contributed by atoms with E-state index in [1.807, 2.05) is 42.6 Å². The van der Waals surface area contributed by atoms with Crippen molar-refractivity contribution >= 4 is 16.7 Å². The quantitative estimate of drug-likeness (QED) is 0.486. The molecule has 28 heavy (non-hydrogen) atoms. The van der Waals surface area contributed by atoms with Crippen LogP contribution in [0.25, 0.3) is 33.3 Å². The normalized spacial score (nSPS) is 10.9. The van der Waals surface area contributed by atoms with Gasteiger partial charge in [0.15, 0.2) is 0 Å². The van der Waals surface area contributed by atoms with Gasteiger partial charge in [-0.25, -0.2) is 9.97 Å². The molecule has 5 N–H and O–H groups in total. The summed E-state index contributed by atoms with van der Waals surface area (Å²) in [4.78, 5) is 8.22. The van der Waals surface area contributed by atoms with Gasteiger partial charge in [-0.2, -0.15) is 0 Å². The zero-order chi connectivity index (χ0) is 19.3. The number of rotatable bonds is 6. The number of aromatic amines is 1. The number of anilines is 1. The van der Waals surface area contributed by atoms with Crippen LogP contribution in [0.15, 0.2) is 72.9 Å². The number of hydrogen-bond acceptors (Lipinski definition) is 4. The van der Waals surface area contributed by atoms with Crippen LogP contribution in [0.5, 0.6) is 0 Å². The number of H-pyrrole nitrogens is 1. The van der Waals surface area contributed by atoms with Gasteiger partial charge in [0.2, 0.25) is 0 Å². The molecule has 2 aromatic heterocycles. The Morgan fingerprint density at radius 1 is 0.964 bits per heavy atom. The number of aliphatic hydroxyl groups is 1. The summed E-state index contributed by atoms with van der Waals surface area (Å²) in [7, 11) is 0. The van der Waals surface area contributed by atoms with E-state index < -0.39 is 0 Å². The predicted molar refractivity (Wildman–Crippen MR) is 113 cm³/mol. The molecule has 5 heteroatoms. The molecule has 4 rings (SSSR count). The maximum absolute atomic E-state index is 9.17. The Labute approximate surface area is 163 Å². The van der Waals surface area contributed by atoms with E-state index >= 15 is 0 Å². The van der Waals surface area contributed by atoms with E-state index in [1.54, 1.807) is 0 Å². The lowest BCUT2D eigenvalue weighted by molar-refractivity contribution is -0.359. The van der Waals surface area contributed by atoms with Crippen molar-refractivity contribution in [3.05, 3.63) is 78.5 Å². The first-order valence-electron chi connectivity index (χ1n) is 9.35. The monoisotopic (exact) mass is 371 g/mol. The van der Waals surface area contributed by atoms with Crippen LogP contribution in [0.1, 0.15) is 5.56 Å². The van der Waals surface area contributed by atoms with Crippen LogP contribution < -0.4 is 16.0 Å². The summed E-state index contributed by atoms with van der Waals surface area (Å²) in [6.45, 7) is 1.06. The Hall–Kier alpha value is -3.28. The third-order valence-electron chi connectivity index (χ3n) is 4.75. The Morgan fingerprint density at radius 2 is 1.75 bits per heavy atom. The summed E-state index contributed by atoms with van der Waals surface area (Å²) in [5.41, 5.74) is 11.9. The molecule has 0 atom stereocenters. The molecule has 2 heterocycles. The van der Waals surface area contributed by atoms with E-state index in [0.717, 1.165) is 44.7 Å². The summed E-state index contributed by atoms with van der Waals surface area (Å²) >= 11 is 0. The molecule has 0 aliphatic carbocycles. The fourth-order valence-electron chi connectivity index (χ4n) is 3.32. The lowest BCUT2D eigenvalue weighted by atomic mass is 9.97. The van der Waals surface area contributed by atoms with Crippen LogP contribution in [0.3, 0.4) is 0 Å². The smallest absolute Gasteiger partial charge is 0.281 e. The topological polar surface area (TPSA) is 85.3 Å². The van der Waals surface area contributed by atoms with Gasteiger partial charge in [-0.15, -0.1) is 0 Å². The van der Waals surface area contributed by atoms with Crippen molar-refractivity contribution in [1.82, 2.24) is 4.98 Å². The average Bonchev–Trinajstić information content (AvgIpc) is 2.77. The SMILES string of the molecule is NCc1ccc(-c2nc3cc[nH+]c(NCCO)c3cc2-c2ccccc2)cc1. The van der Waals surface area contributed by atoms with E-state index in [-0.39, 0.29) is 6.61 Å². The van der Waals surface area contributed by atoms with Crippen LogP contribution >= 0.6 is 0 Å². The Morgan fingerprint density at radius 3 is 2.46 bits per heavy atom. The number of nitrogens with two attached hydrogens (primary N) is 1. The number of pyridine rings is 2. The first kappa shape index (κ1) is 18.1. The van der Waals surface area contributed by atoms with Gasteiger partial charge in [0.1, 0.15) is 6.54 Å². The molecular weight excluding hydrogens is 348 g/mol. The molecule has 4 aromatic rings. The highest BCUT2D eigenvalue weighted by atomic mass is 16.3. The molecule has 0 bridgehead atoms. The number of aromatic nitrogens is 2. The highest BCUT2D eigenvalue weighted by molar-refractivity contribution is 5.95. The van der Waals surface area contributed by atoms with Gasteiger partial charge < -0.3 is 10.8 Å². The van der Waals surface area contributed by atoms with Crippen LogP contribution in [0.2, 0.25) is 0 Å². The maximum Gasteiger partial charge on any atom is 0.281 e. The highest BCUT2D eigenvalue weighted by Gasteiger charge is 2.16. The van der Waals surface area contributed by atoms with E-state index in [1.165, 1.54) is 0 Å². The fourth-order valence-corrected chi connectivity index (χ4v) is 3.32. The molecule has 0 amide bonds. The number of nitrogens with one attached hydrogen (secondary N) is 2. The molecule has 0 saturated heterocycles. The first-order valence-corrected chi connectivity index (χ1v) is 9.35. The molecule has 0 radical (unpaired) electrons. The third-order valence-corrected chi connectivity index (χ3v) is 4.75. The minimum atomic E-state index is 0.0643. The number of aliphatic hydroxyl groups excluding tert-OH is 1. The van der Waals surface area contributed by atoms with Gasteiger partial charge in [-0.05, 0) is 17.2 Å². The van der Waals surface area contributed by atoms with Crippen LogP contribution in [0.4, 0.5) is 5.82 Å². The molecule has 2 aromatic carbocycles. The van der Waals surface area contributed by atoms with Gasteiger partial charge in [-0.1, -0.05) is 54.6 Å². The first-order chi connectivity index (χ1) is 13.8. The largest absolute Gasteiger partial charge is 0.392 e.